The van der Waals surface area contributed by atoms with Crippen molar-refractivity contribution in [2.45, 2.75) is 44.7 Å². The number of hydrogen-bond acceptors (Lipinski definition) is 3. The lowest BCUT2D eigenvalue weighted by molar-refractivity contribution is -0.147. The Morgan fingerprint density at radius 1 is 1.24 bits per heavy atom. The number of piperidine rings is 2. The van der Waals surface area contributed by atoms with Crippen LogP contribution in [0.15, 0.2) is 0 Å². The zero-order valence-electron chi connectivity index (χ0n) is 13.5. The van der Waals surface area contributed by atoms with Crippen molar-refractivity contribution in [1.29, 1.82) is 0 Å². The molecule has 0 radical (unpaired) electrons. The second-order valence-corrected chi connectivity index (χ2v) is 6.89. The van der Waals surface area contributed by atoms with Gasteiger partial charge in [0.15, 0.2) is 0 Å². The molecule has 2 aliphatic rings. The molecule has 2 saturated heterocycles. The summed E-state index contributed by atoms with van der Waals surface area (Å²) in [5.74, 6) is -0.464. The molecule has 0 aromatic carbocycles. The lowest BCUT2D eigenvalue weighted by Gasteiger charge is -2.47. The number of nitrogens with zero attached hydrogens (tertiary/aromatic N) is 3. The van der Waals surface area contributed by atoms with Gasteiger partial charge in [-0.2, -0.15) is 0 Å². The summed E-state index contributed by atoms with van der Waals surface area (Å²) >= 11 is 0. The van der Waals surface area contributed by atoms with Gasteiger partial charge >= 0.3 is 12.0 Å². The van der Waals surface area contributed by atoms with Crippen molar-refractivity contribution >= 4 is 12.0 Å². The summed E-state index contributed by atoms with van der Waals surface area (Å²) in [5.41, 5.74) is -1.18. The average Bonchev–Trinajstić information content (AvgIpc) is 2.45. The maximum absolute atomic E-state index is 12.6. The Morgan fingerprint density at radius 2 is 1.90 bits per heavy atom. The first-order chi connectivity index (χ1) is 9.75. The molecule has 0 aromatic heterocycles. The summed E-state index contributed by atoms with van der Waals surface area (Å²) in [6, 6.07) is 0.398. The summed E-state index contributed by atoms with van der Waals surface area (Å²) in [7, 11) is 3.74. The van der Waals surface area contributed by atoms with E-state index in [2.05, 4.69) is 11.9 Å². The molecule has 2 rings (SSSR count). The van der Waals surface area contributed by atoms with Crippen LogP contribution in [-0.4, -0.2) is 77.1 Å². The van der Waals surface area contributed by atoms with E-state index in [0.717, 1.165) is 25.9 Å². The van der Waals surface area contributed by atoms with Gasteiger partial charge in [0, 0.05) is 26.2 Å². The second kappa shape index (κ2) is 5.83. The highest BCUT2D eigenvalue weighted by atomic mass is 16.4. The summed E-state index contributed by atoms with van der Waals surface area (Å²) in [5, 5.41) is 9.26. The molecule has 21 heavy (non-hydrogen) atoms. The van der Waals surface area contributed by atoms with Crippen LogP contribution in [0.5, 0.6) is 0 Å². The highest BCUT2D eigenvalue weighted by molar-refractivity contribution is 5.85. The highest BCUT2D eigenvalue weighted by Gasteiger charge is 2.41. The molecule has 2 amide bonds. The fourth-order valence-electron chi connectivity index (χ4n) is 3.42. The summed E-state index contributed by atoms with van der Waals surface area (Å²) in [4.78, 5) is 29.5. The number of likely N-dealkylation sites (N-methyl/N-ethyl adjacent to an activating group) is 1. The SMILES string of the molecule is CN1CCCC2CN(C(=O)N(C)C(C)(C)C(=O)O)CCC21. The van der Waals surface area contributed by atoms with Gasteiger partial charge < -0.3 is 19.8 Å². The normalized spacial score (nSPS) is 27.1. The molecule has 2 atom stereocenters. The Hall–Kier alpha value is -1.30. The molecule has 0 bridgehead atoms. The van der Waals surface area contributed by atoms with E-state index in [1.807, 2.05) is 4.90 Å². The van der Waals surface area contributed by atoms with Crippen LogP contribution in [0.3, 0.4) is 0 Å². The smallest absolute Gasteiger partial charge is 0.329 e. The molecule has 0 aromatic rings. The number of hydrogen-bond donors (Lipinski definition) is 1. The van der Waals surface area contributed by atoms with Crippen LogP contribution in [-0.2, 0) is 4.79 Å². The number of aliphatic carboxylic acids is 1. The van der Waals surface area contributed by atoms with Gasteiger partial charge in [-0.25, -0.2) is 9.59 Å². The fourth-order valence-corrected chi connectivity index (χ4v) is 3.42. The molecular formula is C15H27N3O3. The van der Waals surface area contributed by atoms with Crippen LogP contribution < -0.4 is 0 Å². The molecule has 2 aliphatic heterocycles. The lowest BCUT2D eigenvalue weighted by Crippen LogP contribution is -2.59. The van der Waals surface area contributed by atoms with Crippen molar-refractivity contribution in [3.05, 3.63) is 0 Å². The van der Waals surface area contributed by atoms with Gasteiger partial charge in [-0.15, -0.1) is 0 Å². The number of carbonyl (C=O) groups excluding carboxylic acids is 1. The van der Waals surface area contributed by atoms with Gasteiger partial charge in [-0.3, -0.25) is 0 Å². The summed E-state index contributed by atoms with van der Waals surface area (Å²) in [6.45, 7) is 5.72. The number of carboxylic acid groups (broad SMARTS) is 1. The molecule has 0 aliphatic carbocycles. The summed E-state index contributed by atoms with van der Waals surface area (Å²) in [6.07, 6.45) is 3.31. The first kappa shape index (κ1) is 16.1. The molecule has 120 valence electrons. The molecule has 6 heteroatoms. The Labute approximate surface area is 126 Å². The van der Waals surface area contributed by atoms with E-state index in [9.17, 15) is 14.7 Å². The minimum atomic E-state index is -1.18. The standard InChI is InChI=1S/C15H27N3O3/c1-15(2,13(19)20)17(4)14(21)18-9-7-12-11(10-18)6-5-8-16(12)3/h11-12H,5-10H2,1-4H3,(H,19,20). The number of carbonyl (C=O) groups is 2. The minimum absolute atomic E-state index is 0.172. The maximum atomic E-state index is 12.6. The second-order valence-electron chi connectivity index (χ2n) is 6.89. The van der Waals surface area contributed by atoms with E-state index in [1.165, 1.54) is 11.3 Å². The van der Waals surface area contributed by atoms with E-state index in [4.69, 9.17) is 0 Å². The Balaban J connectivity index is 2.03. The number of urea groups is 1. The quantitative estimate of drug-likeness (QED) is 0.835. The number of rotatable bonds is 2. The number of fused-ring (bicyclic) bond motifs is 1. The minimum Gasteiger partial charge on any atom is -0.480 e. The van der Waals surface area contributed by atoms with Gasteiger partial charge in [-0.05, 0) is 52.6 Å². The van der Waals surface area contributed by atoms with Gasteiger partial charge in [0.25, 0.3) is 0 Å². The zero-order chi connectivity index (χ0) is 15.8. The largest absolute Gasteiger partial charge is 0.480 e. The zero-order valence-corrected chi connectivity index (χ0v) is 13.5. The first-order valence-electron chi connectivity index (χ1n) is 7.71. The van der Waals surface area contributed by atoms with Crippen molar-refractivity contribution in [2.75, 3.05) is 33.7 Å². The first-order valence-corrected chi connectivity index (χ1v) is 7.71. The number of carboxylic acids is 1. The van der Waals surface area contributed by atoms with E-state index >= 15 is 0 Å². The maximum Gasteiger partial charge on any atom is 0.329 e. The van der Waals surface area contributed by atoms with Crippen molar-refractivity contribution in [2.24, 2.45) is 5.92 Å². The molecule has 0 spiro atoms. The predicted molar refractivity (Wildman–Crippen MR) is 80.2 cm³/mol. The number of likely N-dealkylation sites (tertiary alicyclic amines) is 2. The van der Waals surface area contributed by atoms with Crippen molar-refractivity contribution in [3.8, 4) is 0 Å². The van der Waals surface area contributed by atoms with Gasteiger partial charge in [0.1, 0.15) is 5.54 Å². The van der Waals surface area contributed by atoms with Crippen molar-refractivity contribution in [3.63, 3.8) is 0 Å². The fraction of sp³-hybridized carbons (Fsp3) is 0.867. The third-order valence-electron chi connectivity index (χ3n) is 5.27. The average molecular weight is 297 g/mol. The van der Waals surface area contributed by atoms with Crippen molar-refractivity contribution in [1.82, 2.24) is 14.7 Å². The van der Waals surface area contributed by atoms with Crippen LogP contribution in [0.4, 0.5) is 4.79 Å². The Morgan fingerprint density at radius 3 is 2.52 bits per heavy atom. The predicted octanol–water partition coefficient (Wildman–Crippen LogP) is 1.32. The van der Waals surface area contributed by atoms with Crippen LogP contribution >= 0.6 is 0 Å². The van der Waals surface area contributed by atoms with Crippen LogP contribution in [0.25, 0.3) is 0 Å². The third kappa shape index (κ3) is 3.00. The van der Waals surface area contributed by atoms with Crippen LogP contribution in [0.2, 0.25) is 0 Å². The van der Waals surface area contributed by atoms with E-state index in [1.54, 1.807) is 20.9 Å². The molecule has 0 saturated carbocycles. The van der Waals surface area contributed by atoms with Crippen LogP contribution in [0, 0.1) is 5.92 Å². The van der Waals surface area contributed by atoms with Gasteiger partial charge in [0.05, 0.1) is 0 Å². The molecule has 1 N–H and O–H groups in total. The van der Waals surface area contributed by atoms with E-state index in [0.29, 0.717) is 18.5 Å². The highest BCUT2D eigenvalue weighted by Crippen LogP contribution is 2.30. The topological polar surface area (TPSA) is 64.1 Å². The Kier molecular flexibility index (Phi) is 4.46. The van der Waals surface area contributed by atoms with Crippen molar-refractivity contribution < 1.29 is 14.7 Å². The van der Waals surface area contributed by atoms with Gasteiger partial charge in [0.2, 0.25) is 0 Å². The summed E-state index contributed by atoms with van der Waals surface area (Å²) < 4.78 is 0. The van der Waals surface area contributed by atoms with E-state index in [-0.39, 0.29) is 6.03 Å². The molecular weight excluding hydrogens is 270 g/mol. The van der Waals surface area contributed by atoms with E-state index < -0.39 is 11.5 Å². The third-order valence-corrected chi connectivity index (χ3v) is 5.27. The van der Waals surface area contributed by atoms with Crippen LogP contribution in [0.1, 0.15) is 33.1 Å². The molecule has 2 fully saturated rings. The molecule has 6 nitrogen and oxygen atoms in total. The molecule has 2 heterocycles. The lowest BCUT2D eigenvalue weighted by atomic mass is 9.84. The monoisotopic (exact) mass is 297 g/mol. The number of amides is 2. The Bertz CT molecular complexity index is 424. The van der Waals surface area contributed by atoms with Gasteiger partial charge in [-0.1, -0.05) is 0 Å². The molecule has 2 unspecified atom stereocenters.